The van der Waals surface area contributed by atoms with Crippen LogP contribution in [-0.4, -0.2) is 40.0 Å². The number of carbonyl (C=O) groups is 2. The van der Waals surface area contributed by atoms with Crippen LogP contribution in [0.25, 0.3) is 0 Å². The van der Waals surface area contributed by atoms with Crippen molar-refractivity contribution in [1.29, 1.82) is 0 Å². The second-order valence-electron chi connectivity index (χ2n) is 3.92. The van der Waals surface area contributed by atoms with Gasteiger partial charge in [-0.05, 0) is 34.5 Å². The summed E-state index contributed by atoms with van der Waals surface area (Å²) in [5, 5.41) is 8.88. The predicted molar refractivity (Wildman–Crippen MR) is 63.6 cm³/mol. The first-order valence-corrected chi connectivity index (χ1v) is 6.01. The molecule has 1 saturated heterocycles. The molecule has 0 aromatic carbocycles. The van der Waals surface area contributed by atoms with Crippen LogP contribution in [0.5, 0.6) is 0 Å². The van der Waals surface area contributed by atoms with E-state index in [1.807, 2.05) is 0 Å². The first-order valence-electron chi connectivity index (χ1n) is 5.22. The molecule has 5 nitrogen and oxygen atoms in total. The van der Waals surface area contributed by atoms with Gasteiger partial charge in [0, 0.05) is 19.3 Å². The molecule has 1 N–H and O–H groups in total. The van der Waals surface area contributed by atoms with E-state index in [1.165, 1.54) is 0 Å². The number of nitrogens with zero attached hydrogens (tertiary/aromatic N) is 2. The maximum absolute atomic E-state index is 12.1. The molecule has 0 radical (unpaired) electrons. The Balaban J connectivity index is 2.13. The lowest BCUT2D eigenvalue weighted by Gasteiger charge is -2.16. The van der Waals surface area contributed by atoms with Crippen molar-refractivity contribution in [2.75, 3.05) is 13.1 Å². The summed E-state index contributed by atoms with van der Waals surface area (Å²) >= 11 is 3.21. The standard InChI is InChI=1S/C11H11BrN2O3/c12-9-8(2-1-4-13-9)10(15)14-5-3-7(6-14)11(16)17/h1-2,4,7H,3,5-6H2,(H,16,17). The molecule has 0 saturated carbocycles. The highest BCUT2D eigenvalue weighted by atomic mass is 79.9. The first-order chi connectivity index (χ1) is 8.09. The number of amides is 1. The predicted octanol–water partition coefficient (Wildman–Crippen LogP) is 1.39. The van der Waals surface area contributed by atoms with Gasteiger partial charge in [0.1, 0.15) is 4.60 Å². The number of pyridine rings is 1. The van der Waals surface area contributed by atoms with Crippen molar-refractivity contribution in [3.05, 3.63) is 28.5 Å². The lowest BCUT2D eigenvalue weighted by molar-refractivity contribution is -0.141. The zero-order valence-electron chi connectivity index (χ0n) is 8.97. The van der Waals surface area contributed by atoms with Crippen LogP contribution in [0.3, 0.4) is 0 Å². The SMILES string of the molecule is O=C(O)C1CCN(C(=O)c2cccnc2Br)C1. The van der Waals surface area contributed by atoms with Crippen molar-refractivity contribution in [2.24, 2.45) is 5.92 Å². The number of halogens is 1. The summed E-state index contributed by atoms with van der Waals surface area (Å²) in [4.78, 5) is 28.4. The Morgan fingerprint density at radius 1 is 1.53 bits per heavy atom. The lowest BCUT2D eigenvalue weighted by atomic mass is 10.1. The van der Waals surface area contributed by atoms with Gasteiger partial charge in [-0.15, -0.1) is 0 Å². The molecule has 1 aromatic heterocycles. The average molecular weight is 299 g/mol. The zero-order chi connectivity index (χ0) is 12.4. The van der Waals surface area contributed by atoms with Crippen molar-refractivity contribution in [2.45, 2.75) is 6.42 Å². The van der Waals surface area contributed by atoms with E-state index in [0.29, 0.717) is 23.1 Å². The quantitative estimate of drug-likeness (QED) is 0.838. The van der Waals surface area contributed by atoms with Crippen LogP contribution in [-0.2, 0) is 4.79 Å². The number of aromatic nitrogens is 1. The van der Waals surface area contributed by atoms with Gasteiger partial charge in [0.05, 0.1) is 11.5 Å². The topological polar surface area (TPSA) is 70.5 Å². The highest BCUT2D eigenvalue weighted by Crippen LogP contribution is 2.21. The normalized spacial score (nSPS) is 19.4. The monoisotopic (exact) mass is 298 g/mol. The Hall–Kier alpha value is -1.43. The second kappa shape index (κ2) is 4.83. The summed E-state index contributed by atoms with van der Waals surface area (Å²) in [5.41, 5.74) is 0.471. The summed E-state index contributed by atoms with van der Waals surface area (Å²) < 4.78 is 0.490. The van der Waals surface area contributed by atoms with E-state index >= 15 is 0 Å². The maximum atomic E-state index is 12.1. The van der Waals surface area contributed by atoms with Crippen molar-refractivity contribution in [3.8, 4) is 0 Å². The molecule has 2 rings (SSSR count). The van der Waals surface area contributed by atoms with Crippen molar-refractivity contribution in [1.82, 2.24) is 9.88 Å². The molecule has 6 heteroatoms. The van der Waals surface area contributed by atoms with Crippen molar-refractivity contribution in [3.63, 3.8) is 0 Å². The highest BCUT2D eigenvalue weighted by molar-refractivity contribution is 9.10. The molecule has 1 atom stereocenters. The molecular formula is C11H11BrN2O3. The van der Waals surface area contributed by atoms with Crippen LogP contribution < -0.4 is 0 Å². The van der Waals surface area contributed by atoms with Crippen molar-refractivity contribution < 1.29 is 14.7 Å². The Bertz CT molecular complexity index is 464. The Morgan fingerprint density at radius 3 is 2.88 bits per heavy atom. The molecule has 1 amide bonds. The Labute approximate surface area is 107 Å². The largest absolute Gasteiger partial charge is 0.481 e. The van der Waals surface area contributed by atoms with E-state index in [1.54, 1.807) is 23.2 Å². The van der Waals surface area contributed by atoms with E-state index in [9.17, 15) is 9.59 Å². The fraction of sp³-hybridized carbons (Fsp3) is 0.364. The van der Waals surface area contributed by atoms with Gasteiger partial charge in [-0.1, -0.05) is 0 Å². The Morgan fingerprint density at radius 2 is 2.29 bits per heavy atom. The van der Waals surface area contributed by atoms with E-state index in [-0.39, 0.29) is 12.5 Å². The minimum absolute atomic E-state index is 0.172. The molecule has 90 valence electrons. The third-order valence-corrected chi connectivity index (χ3v) is 3.45. The molecule has 1 aromatic rings. The van der Waals surface area contributed by atoms with Gasteiger partial charge in [-0.2, -0.15) is 0 Å². The van der Waals surface area contributed by atoms with Gasteiger partial charge in [0.25, 0.3) is 5.91 Å². The molecule has 17 heavy (non-hydrogen) atoms. The van der Waals surface area contributed by atoms with Gasteiger partial charge in [0.2, 0.25) is 0 Å². The van der Waals surface area contributed by atoms with Gasteiger partial charge in [-0.3, -0.25) is 9.59 Å². The zero-order valence-corrected chi connectivity index (χ0v) is 10.6. The van der Waals surface area contributed by atoms with Crippen molar-refractivity contribution >= 4 is 27.8 Å². The molecule has 0 spiro atoms. The summed E-state index contributed by atoms with van der Waals surface area (Å²) in [5.74, 6) is -1.46. The van der Waals surface area contributed by atoms with Crippen LogP contribution in [0.2, 0.25) is 0 Å². The molecule has 1 unspecified atom stereocenters. The number of rotatable bonds is 2. The van der Waals surface area contributed by atoms with Crippen LogP contribution >= 0.6 is 15.9 Å². The average Bonchev–Trinajstić information content (AvgIpc) is 2.78. The number of aliphatic carboxylic acids is 1. The number of hydrogen-bond donors (Lipinski definition) is 1. The number of carboxylic acids is 1. The molecule has 1 aliphatic rings. The summed E-state index contributed by atoms with van der Waals surface area (Å²) in [6.07, 6.45) is 2.10. The number of carbonyl (C=O) groups excluding carboxylic acids is 1. The van der Waals surface area contributed by atoms with E-state index < -0.39 is 11.9 Å². The fourth-order valence-corrected chi connectivity index (χ4v) is 2.28. The lowest BCUT2D eigenvalue weighted by Crippen LogP contribution is -2.30. The summed E-state index contributed by atoms with van der Waals surface area (Å²) in [6, 6.07) is 3.36. The van der Waals surface area contributed by atoms with Gasteiger partial charge in [-0.25, -0.2) is 4.98 Å². The van der Waals surface area contributed by atoms with Gasteiger partial charge < -0.3 is 10.0 Å². The highest BCUT2D eigenvalue weighted by Gasteiger charge is 2.31. The molecule has 0 aliphatic carbocycles. The molecular weight excluding hydrogens is 288 g/mol. The number of likely N-dealkylation sites (tertiary alicyclic amines) is 1. The van der Waals surface area contributed by atoms with Crippen LogP contribution in [0.1, 0.15) is 16.8 Å². The third-order valence-electron chi connectivity index (χ3n) is 2.81. The Kier molecular flexibility index (Phi) is 3.42. The van der Waals surface area contributed by atoms with Gasteiger partial charge in [0.15, 0.2) is 0 Å². The molecule has 1 fully saturated rings. The number of hydrogen-bond acceptors (Lipinski definition) is 3. The summed E-state index contributed by atoms with van der Waals surface area (Å²) in [7, 11) is 0. The minimum Gasteiger partial charge on any atom is -0.481 e. The second-order valence-corrected chi connectivity index (χ2v) is 4.67. The van der Waals surface area contributed by atoms with E-state index in [4.69, 9.17) is 5.11 Å². The van der Waals surface area contributed by atoms with E-state index in [0.717, 1.165) is 0 Å². The molecule has 2 heterocycles. The molecule has 0 bridgehead atoms. The fourth-order valence-electron chi connectivity index (χ4n) is 1.86. The van der Waals surface area contributed by atoms with Crippen LogP contribution in [0.15, 0.2) is 22.9 Å². The van der Waals surface area contributed by atoms with Gasteiger partial charge >= 0.3 is 5.97 Å². The molecule has 1 aliphatic heterocycles. The third kappa shape index (κ3) is 2.46. The minimum atomic E-state index is -0.842. The first kappa shape index (κ1) is 12.0. The number of carboxylic acid groups (broad SMARTS) is 1. The van der Waals surface area contributed by atoms with Crippen LogP contribution in [0.4, 0.5) is 0 Å². The maximum Gasteiger partial charge on any atom is 0.308 e. The summed E-state index contributed by atoms with van der Waals surface area (Å²) in [6.45, 7) is 0.757. The smallest absolute Gasteiger partial charge is 0.308 e. The van der Waals surface area contributed by atoms with E-state index in [2.05, 4.69) is 20.9 Å². The van der Waals surface area contributed by atoms with Crippen LogP contribution in [0, 0.1) is 5.92 Å².